The molecule has 94 valence electrons. The average Bonchev–Trinajstić information content (AvgIpc) is 2.94. The van der Waals surface area contributed by atoms with Crippen LogP contribution in [0.15, 0.2) is 17.5 Å². The van der Waals surface area contributed by atoms with Gasteiger partial charge in [-0.15, -0.1) is 22.7 Å². The summed E-state index contributed by atoms with van der Waals surface area (Å²) in [5.74, 6) is -1.30. The maximum absolute atomic E-state index is 11.7. The fourth-order valence-electron chi connectivity index (χ4n) is 1.30. The van der Waals surface area contributed by atoms with Gasteiger partial charge in [-0.3, -0.25) is 4.79 Å². The van der Waals surface area contributed by atoms with Gasteiger partial charge in [-0.1, -0.05) is 0 Å². The predicted molar refractivity (Wildman–Crippen MR) is 69.3 cm³/mol. The molecule has 0 saturated carbocycles. The Hall–Kier alpha value is -1.73. The second-order valence-electron chi connectivity index (χ2n) is 3.53. The highest BCUT2D eigenvalue weighted by Crippen LogP contribution is 2.16. The molecule has 0 saturated heterocycles. The summed E-state index contributed by atoms with van der Waals surface area (Å²) in [5.41, 5.74) is 0.925. The average molecular weight is 282 g/mol. The van der Waals surface area contributed by atoms with Crippen LogP contribution in [0.4, 0.5) is 0 Å². The highest BCUT2D eigenvalue weighted by Gasteiger charge is 2.12. The van der Waals surface area contributed by atoms with E-state index in [1.54, 1.807) is 0 Å². The number of aryl methyl sites for hydroxylation is 1. The minimum Gasteiger partial charge on any atom is -0.477 e. The number of aromatic carboxylic acids is 1. The first-order valence-electron chi connectivity index (χ1n) is 5.08. The van der Waals surface area contributed by atoms with E-state index in [4.69, 9.17) is 5.11 Å². The standard InChI is InChI=1S/C11H10N2O3S2/c1-6-5-17-9(13-6)4-12-10(14)7-2-3-8(18-7)11(15)16/h2-3,5H,4H2,1H3,(H,12,14)(H,15,16). The molecule has 0 unspecified atom stereocenters. The number of carboxylic acids is 1. The lowest BCUT2D eigenvalue weighted by molar-refractivity contribution is 0.0702. The second-order valence-corrected chi connectivity index (χ2v) is 5.56. The molecule has 1 amide bonds. The SMILES string of the molecule is Cc1csc(CNC(=O)c2ccc(C(=O)O)s2)n1. The third-order valence-corrected chi connectivity index (χ3v) is 4.15. The Bertz CT molecular complexity index is 589. The number of carbonyl (C=O) groups excluding carboxylic acids is 1. The molecule has 0 fully saturated rings. The van der Waals surface area contributed by atoms with Crippen LogP contribution in [0.2, 0.25) is 0 Å². The van der Waals surface area contributed by atoms with E-state index in [0.717, 1.165) is 22.0 Å². The molecular formula is C11H10N2O3S2. The van der Waals surface area contributed by atoms with Crippen LogP contribution in [0.5, 0.6) is 0 Å². The zero-order valence-corrected chi connectivity index (χ0v) is 11.1. The van der Waals surface area contributed by atoms with Gasteiger partial charge in [0.05, 0.1) is 11.4 Å². The lowest BCUT2D eigenvalue weighted by Crippen LogP contribution is -2.21. The fraction of sp³-hybridized carbons (Fsp3) is 0.182. The molecule has 0 aliphatic heterocycles. The van der Waals surface area contributed by atoms with Crippen LogP contribution in [0, 0.1) is 6.92 Å². The van der Waals surface area contributed by atoms with Crippen molar-refractivity contribution in [2.45, 2.75) is 13.5 Å². The molecule has 2 heterocycles. The van der Waals surface area contributed by atoms with Gasteiger partial charge in [0.25, 0.3) is 5.91 Å². The number of hydrogen-bond donors (Lipinski definition) is 2. The number of carboxylic acid groups (broad SMARTS) is 1. The molecule has 2 aromatic rings. The lowest BCUT2D eigenvalue weighted by Gasteiger charge is -1.99. The van der Waals surface area contributed by atoms with Crippen molar-refractivity contribution in [3.05, 3.63) is 38.0 Å². The summed E-state index contributed by atoms with van der Waals surface area (Å²) < 4.78 is 0. The van der Waals surface area contributed by atoms with Crippen LogP contribution in [-0.4, -0.2) is 22.0 Å². The number of rotatable bonds is 4. The fourth-order valence-corrected chi connectivity index (χ4v) is 2.77. The molecule has 0 aromatic carbocycles. The monoisotopic (exact) mass is 282 g/mol. The number of thiophene rings is 1. The van der Waals surface area contributed by atoms with Crippen LogP contribution in [0.25, 0.3) is 0 Å². The van der Waals surface area contributed by atoms with E-state index in [1.165, 1.54) is 23.5 Å². The van der Waals surface area contributed by atoms with E-state index in [0.29, 0.717) is 11.4 Å². The highest BCUT2D eigenvalue weighted by molar-refractivity contribution is 7.15. The topological polar surface area (TPSA) is 79.3 Å². The Balaban J connectivity index is 1.97. The molecule has 0 bridgehead atoms. The number of nitrogens with zero attached hydrogens (tertiary/aromatic N) is 1. The normalized spacial score (nSPS) is 10.3. The Labute approximate surface area is 111 Å². The highest BCUT2D eigenvalue weighted by atomic mass is 32.1. The molecule has 2 N–H and O–H groups in total. The van der Waals surface area contributed by atoms with E-state index in [-0.39, 0.29) is 10.8 Å². The van der Waals surface area contributed by atoms with Crippen LogP contribution < -0.4 is 5.32 Å². The molecule has 0 atom stereocenters. The van der Waals surface area contributed by atoms with Crippen molar-refractivity contribution < 1.29 is 14.7 Å². The zero-order valence-electron chi connectivity index (χ0n) is 9.47. The Kier molecular flexibility index (Phi) is 3.73. The maximum Gasteiger partial charge on any atom is 0.345 e. The summed E-state index contributed by atoms with van der Waals surface area (Å²) in [6, 6.07) is 2.94. The number of thiazole rings is 1. The van der Waals surface area contributed by atoms with Gasteiger partial charge in [-0.05, 0) is 19.1 Å². The molecule has 0 aliphatic rings. The van der Waals surface area contributed by atoms with Gasteiger partial charge < -0.3 is 10.4 Å². The number of hydrogen-bond acceptors (Lipinski definition) is 5. The van der Waals surface area contributed by atoms with Crippen molar-refractivity contribution in [1.82, 2.24) is 10.3 Å². The van der Waals surface area contributed by atoms with Gasteiger partial charge in [0.15, 0.2) is 0 Å². The third-order valence-electron chi connectivity index (χ3n) is 2.11. The summed E-state index contributed by atoms with van der Waals surface area (Å²) in [6.45, 7) is 2.25. The van der Waals surface area contributed by atoms with E-state index < -0.39 is 5.97 Å². The molecule has 2 rings (SSSR count). The number of aromatic nitrogens is 1. The van der Waals surface area contributed by atoms with Crippen molar-refractivity contribution in [3.8, 4) is 0 Å². The minimum atomic E-state index is -1.02. The Morgan fingerprint density at radius 1 is 1.39 bits per heavy atom. The van der Waals surface area contributed by atoms with E-state index >= 15 is 0 Å². The van der Waals surface area contributed by atoms with Crippen LogP contribution in [0.3, 0.4) is 0 Å². The maximum atomic E-state index is 11.7. The van der Waals surface area contributed by atoms with Crippen molar-refractivity contribution in [1.29, 1.82) is 0 Å². The van der Waals surface area contributed by atoms with E-state index in [1.807, 2.05) is 12.3 Å². The molecule has 0 radical (unpaired) electrons. The quantitative estimate of drug-likeness (QED) is 0.900. The molecule has 0 spiro atoms. The summed E-state index contributed by atoms with van der Waals surface area (Å²) in [6.07, 6.45) is 0. The van der Waals surface area contributed by atoms with Gasteiger partial charge in [0.1, 0.15) is 9.88 Å². The first kappa shape index (κ1) is 12.7. The predicted octanol–water partition coefficient (Wildman–Crippen LogP) is 2.14. The van der Waals surface area contributed by atoms with Gasteiger partial charge in [0.2, 0.25) is 0 Å². The van der Waals surface area contributed by atoms with Crippen LogP contribution >= 0.6 is 22.7 Å². The van der Waals surface area contributed by atoms with Gasteiger partial charge >= 0.3 is 5.97 Å². The van der Waals surface area contributed by atoms with Crippen LogP contribution in [0.1, 0.15) is 30.0 Å². The molecule has 18 heavy (non-hydrogen) atoms. The van der Waals surface area contributed by atoms with Crippen molar-refractivity contribution >= 4 is 34.6 Å². The molecule has 0 aliphatic carbocycles. The molecular weight excluding hydrogens is 272 g/mol. The third kappa shape index (κ3) is 2.93. The summed E-state index contributed by atoms with van der Waals surface area (Å²) in [4.78, 5) is 27.2. The lowest BCUT2D eigenvalue weighted by atomic mass is 10.4. The van der Waals surface area contributed by atoms with E-state index in [9.17, 15) is 9.59 Å². The van der Waals surface area contributed by atoms with Gasteiger partial charge in [0, 0.05) is 11.1 Å². The van der Waals surface area contributed by atoms with Crippen molar-refractivity contribution in [2.24, 2.45) is 0 Å². The van der Waals surface area contributed by atoms with E-state index in [2.05, 4.69) is 10.3 Å². The number of amides is 1. The zero-order chi connectivity index (χ0) is 13.1. The van der Waals surface area contributed by atoms with Crippen LogP contribution in [-0.2, 0) is 6.54 Å². The Morgan fingerprint density at radius 2 is 2.11 bits per heavy atom. The van der Waals surface area contributed by atoms with Gasteiger partial charge in [-0.2, -0.15) is 0 Å². The number of nitrogens with one attached hydrogen (secondary N) is 1. The van der Waals surface area contributed by atoms with Gasteiger partial charge in [-0.25, -0.2) is 9.78 Å². The first-order valence-corrected chi connectivity index (χ1v) is 6.78. The molecule has 2 aromatic heterocycles. The minimum absolute atomic E-state index is 0.158. The second kappa shape index (κ2) is 5.28. The summed E-state index contributed by atoms with van der Waals surface area (Å²) in [5, 5.41) is 14.2. The van der Waals surface area contributed by atoms with Crippen molar-refractivity contribution in [2.75, 3.05) is 0 Å². The van der Waals surface area contributed by atoms with Crippen molar-refractivity contribution in [3.63, 3.8) is 0 Å². The summed E-state index contributed by atoms with van der Waals surface area (Å²) in [7, 11) is 0. The smallest absolute Gasteiger partial charge is 0.345 e. The number of carbonyl (C=O) groups is 2. The Morgan fingerprint density at radius 3 is 2.67 bits per heavy atom. The largest absolute Gasteiger partial charge is 0.477 e. The molecule has 7 heteroatoms. The molecule has 5 nitrogen and oxygen atoms in total. The first-order chi connectivity index (χ1) is 8.56. The summed E-state index contributed by atoms with van der Waals surface area (Å²) >= 11 is 2.44.